The van der Waals surface area contributed by atoms with Crippen molar-refractivity contribution >= 4 is 28.6 Å². The molecule has 0 saturated heterocycles. The van der Waals surface area contributed by atoms with Gasteiger partial charge in [0.2, 0.25) is 0 Å². The van der Waals surface area contributed by atoms with E-state index in [0.717, 1.165) is 15.5 Å². The monoisotopic (exact) mass is 278 g/mol. The summed E-state index contributed by atoms with van der Waals surface area (Å²) < 4.78 is 5.16. The lowest BCUT2D eigenvalue weighted by atomic mass is 10.2. The van der Waals surface area contributed by atoms with Crippen molar-refractivity contribution in [3.8, 4) is 5.75 Å². The quantitative estimate of drug-likeness (QED) is 0.783. The first-order chi connectivity index (χ1) is 8.70. The molecule has 2 rings (SSSR count). The second-order valence-electron chi connectivity index (χ2n) is 3.55. The van der Waals surface area contributed by atoms with Gasteiger partial charge in [0.05, 0.1) is 7.11 Å². The van der Waals surface area contributed by atoms with Gasteiger partial charge < -0.3 is 4.74 Å². The summed E-state index contributed by atoms with van der Waals surface area (Å²) in [6.45, 7) is 0. The van der Waals surface area contributed by atoms with Crippen LogP contribution in [0.1, 0.15) is 10.4 Å². The zero-order chi connectivity index (χ0) is 13.0. The van der Waals surface area contributed by atoms with Crippen LogP contribution in [0.15, 0.2) is 58.3 Å². The highest BCUT2D eigenvalue weighted by molar-refractivity contribution is 7.99. The molecule has 0 radical (unpaired) electrons. The normalized spacial score (nSPS) is 10.1. The van der Waals surface area contributed by atoms with Crippen LogP contribution in [0.4, 0.5) is 0 Å². The third-order valence-corrected chi connectivity index (χ3v) is 3.64. The molecular formula is C14H11ClO2S. The molecule has 18 heavy (non-hydrogen) atoms. The van der Waals surface area contributed by atoms with E-state index in [2.05, 4.69) is 0 Å². The summed E-state index contributed by atoms with van der Waals surface area (Å²) in [6.07, 6.45) is 0. The first-order valence-corrected chi connectivity index (χ1v) is 6.51. The van der Waals surface area contributed by atoms with Crippen molar-refractivity contribution in [2.45, 2.75) is 9.79 Å². The number of ether oxygens (including phenoxy) is 1. The predicted molar refractivity (Wildman–Crippen MR) is 73.7 cm³/mol. The van der Waals surface area contributed by atoms with Gasteiger partial charge in [-0.25, -0.2) is 0 Å². The Bertz CT molecular complexity index is 569. The van der Waals surface area contributed by atoms with Crippen LogP contribution in [-0.4, -0.2) is 12.4 Å². The van der Waals surface area contributed by atoms with Gasteiger partial charge in [-0.05, 0) is 41.9 Å². The highest BCUT2D eigenvalue weighted by Gasteiger charge is 2.09. The van der Waals surface area contributed by atoms with Crippen molar-refractivity contribution in [2.75, 3.05) is 7.11 Å². The first-order valence-electron chi connectivity index (χ1n) is 5.31. The fourth-order valence-corrected chi connectivity index (χ4v) is 2.72. The van der Waals surface area contributed by atoms with E-state index in [1.165, 1.54) is 11.8 Å². The van der Waals surface area contributed by atoms with Crippen LogP contribution in [0.3, 0.4) is 0 Å². The number of hydrogen-bond donors (Lipinski definition) is 0. The lowest BCUT2D eigenvalue weighted by Gasteiger charge is -2.06. The molecule has 0 saturated carbocycles. The smallest absolute Gasteiger partial charge is 0.253 e. The number of carbonyl (C=O) groups is 1. The van der Waals surface area contributed by atoms with Crippen LogP contribution < -0.4 is 4.74 Å². The molecule has 0 aliphatic rings. The third-order valence-electron chi connectivity index (χ3n) is 2.37. The predicted octanol–water partition coefficient (Wildman–Crippen LogP) is 4.23. The highest BCUT2D eigenvalue weighted by atomic mass is 35.5. The Balaban J connectivity index is 2.31. The Kier molecular flexibility index (Phi) is 4.28. The van der Waals surface area contributed by atoms with Gasteiger partial charge in [-0.2, -0.15) is 0 Å². The summed E-state index contributed by atoms with van der Waals surface area (Å²) >= 11 is 7.04. The SMILES string of the molecule is COc1cccc(Sc2ccccc2C(=O)Cl)c1. The lowest BCUT2D eigenvalue weighted by molar-refractivity contribution is 0.107. The molecule has 0 N–H and O–H groups in total. The van der Waals surface area contributed by atoms with Crippen molar-refractivity contribution in [3.63, 3.8) is 0 Å². The second kappa shape index (κ2) is 5.94. The molecule has 4 heteroatoms. The summed E-state index contributed by atoms with van der Waals surface area (Å²) in [5.74, 6) is 0.787. The summed E-state index contributed by atoms with van der Waals surface area (Å²) in [4.78, 5) is 13.1. The van der Waals surface area contributed by atoms with E-state index in [0.29, 0.717) is 5.56 Å². The average molecular weight is 279 g/mol. The number of benzene rings is 2. The van der Waals surface area contributed by atoms with Gasteiger partial charge in [0.25, 0.3) is 5.24 Å². The van der Waals surface area contributed by atoms with E-state index in [4.69, 9.17) is 16.3 Å². The Morgan fingerprint density at radius 2 is 1.94 bits per heavy atom. The summed E-state index contributed by atoms with van der Waals surface area (Å²) in [5.41, 5.74) is 0.520. The summed E-state index contributed by atoms with van der Waals surface area (Å²) in [5, 5.41) is -0.444. The Hall–Kier alpha value is -1.45. The minimum atomic E-state index is -0.444. The number of halogens is 1. The summed E-state index contributed by atoms with van der Waals surface area (Å²) in [6, 6.07) is 14.9. The maximum Gasteiger partial charge on any atom is 0.253 e. The van der Waals surface area contributed by atoms with Gasteiger partial charge in [0.1, 0.15) is 5.75 Å². The topological polar surface area (TPSA) is 26.3 Å². The van der Waals surface area contributed by atoms with Gasteiger partial charge in [-0.3, -0.25) is 4.79 Å². The van der Waals surface area contributed by atoms with E-state index in [1.807, 2.05) is 36.4 Å². The Labute approximate surface area is 115 Å². The van der Waals surface area contributed by atoms with Crippen LogP contribution in [0, 0.1) is 0 Å². The van der Waals surface area contributed by atoms with E-state index in [1.54, 1.807) is 19.2 Å². The van der Waals surface area contributed by atoms with Gasteiger partial charge in [0.15, 0.2) is 0 Å². The van der Waals surface area contributed by atoms with Crippen molar-refractivity contribution in [1.29, 1.82) is 0 Å². The molecule has 0 aliphatic carbocycles. The molecule has 0 atom stereocenters. The number of methoxy groups -OCH3 is 1. The first kappa shape index (κ1) is 13.0. The molecule has 0 spiro atoms. The second-order valence-corrected chi connectivity index (χ2v) is 5.01. The van der Waals surface area contributed by atoms with E-state index < -0.39 is 5.24 Å². The molecule has 0 aliphatic heterocycles. The van der Waals surface area contributed by atoms with Crippen LogP contribution >= 0.6 is 23.4 Å². The zero-order valence-electron chi connectivity index (χ0n) is 9.72. The van der Waals surface area contributed by atoms with E-state index >= 15 is 0 Å². The van der Waals surface area contributed by atoms with E-state index in [9.17, 15) is 4.79 Å². The Morgan fingerprint density at radius 1 is 1.17 bits per heavy atom. The van der Waals surface area contributed by atoms with Crippen molar-refractivity contribution in [1.82, 2.24) is 0 Å². The number of carbonyl (C=O) groups excluding carboxylic acids is 1. The standard InChI is InChI=1S/C14H11ClO2S/c1-17-10-5-4-6-11(9-10)18-13-8-3-2-7-12(13)14(15)16/h2-9H,1H3. The molecule has 2 aromatic carbocycles. The minimum Gasteiger partial charge on any atom is -0.497 e. The molecule has 0 heterocycles. The van der Waals surface area contributed by atoms with Crippen molar-refractivity contribution in [2.24, 2.45) is 0 Å². The fraction of sp³-hybridized carbons (Fsp3) is 0.0714. The molecule has 92 valence electrons. The van der Waals surface area contributed by atoms with Gasteiger partial charge in [0, 0.05) is 15.4 Å². The molecule has 0 bridgehead atoms. The number of hydrogen-bond acceptors (Lipinski definition) is 3. The molecule has 0 fully saturated rings. The van der Waals surface area contributed by atoms with Crippen LogP contribution in [0.25, 0.3) is 0 Å². The molecule has 2 aromatic rings. The van der Waals surface area contributed by atoms with Gasteiger partial charge in [-0.1, -0.05) is 30.0 Å². The fourth-order valence-electron chi connectivity index (χ4n) is 1.51. The highest BCUT2D eigenvalue weighted by Crippen LogP contribution is 2.32. The third kappa shape index (κ3) is 3.06. The van der Waals surface area contributed by atoms with Crippen molar-refractivity contribution in [3.05, 3.63) is 54.1 Å². The maximum atomic E-state index is 11.3. The van der Waals surface area contributed by atoms with E-state index in [-0.39, 0.29) is 0 Å². The lowest BCUT2D eigenvalue weighted by Crippen LogP contribution is -1.91. The van der Waals surface area contributed by atoms with Crippen LogP contribution in [-0.2, 0) is 0 Å². The van der Waals surface area contributed by atoms with Crippen LogP contribution in [0.5, 0.6) is 5.75 Å². The number of rotatable bonds is 4. The maximum absolute atomic E-state index is 11.3. The largest absolute Gasteiger partial charge is 0.497 e. The molecule has 0 unspecified atom stereocenters. The summed E-state index contributed by atoms with van der Waals surface area (Å²) in [7, 11) is 1.63. The van der Waals surface area contributed by atoms with Crippen LogP contribution in [0.2, 0.25) is 0 Å². The van der Waals surface area contributed by atoms with Gasteiger partial charge in [-0.15, -0.1) is 0 Å². The Morgan fingerprint density at radius 3 is 2.67 bits per heavy atom. The van der Waals surface area contributed by atoms with Gasteiger partial charge >= 0.3 is 0 Å². The van der Waals surface area contributed by atoms with Crippen molar-refractivity contribution < 1.29 is 9.53 Å². The average Bonchev–Trinajstić information content (AvgIpc) is 2.39. The molecule has 2 nitrogen and oxygen atoms in total. The zero-order valence-corrected chi connectivity index (χ0v) is 11.3. The molecular weight excluding hydrogens is 268 g/mol. The molecule has 0 aromatic heterocycles. The molecule has 0 amide bonds. The minimum absolute atomic E-state index is 0.444.